The summed E-state index contributed by atoms with van der Waals surface area (Å²) in [4.78, 5) is 12.6. The minimum Gasteiger partial charge on any atom is -0.496 e. The lowest BCUT2D eigenvalue weighted by molar-refractivity contribution is 0.0718. The molecule has 0 aromatic heterocycles. The highest BCUT2D eigenvalue weighted by Gasteiger charge is 2.35. The van der Waals surface area contributed by atoms with Crippen molar-refractivity contribution in [2.75, 3.05) is 25.6 Å². The molecule has 0 spiro atoms. The van der Waals surface area contributed by atoms with E-state index in [4.69, 9.17) is 9.47 Å². The van der Waals surface area contributed by atoms with Crippen LogP contribution in [-0.2, 0) is 14.8 Å². The van der Waals surface area contributed by atoms with E-state index in [1.165, 1.54) is 19.2 Å². The van der Waals surface area contributed by atoms with E-state index in [0.29, 0.717) is 19.4 Å². The number of alkyl halides is 3. The standard InChI is InChI=1S/C20H20F3IN2O5S/c1-30-17-6-4-13(32(28,29)26-20(24)7-2-8-31-11-20)10-15(17)19(27)25-12-3-5-16(21)14(9-12)18(22)23/h3-6,9-10,18,26H,2,7-8,11H2,1H3,(H,25,27)/t20-/m1/s1. The fraction of sp³-hybridized carbons (Fsp3) is 0.350. The second-order valence-corrected chi connectivity index (χ2v) is 10.8. The number of sulfonamides is 1. The summed E-state index contributed by atoms with van der Waals surface area (Å²) in [6.45, 7) is 0.753. The highest BCUT2D eigenvalue weighted by Crippen LogP contribution is 2.30. The van der Waals surface area contributed by atoms with Crippen LogP contribution in [0.15, 0.2) is 41.3 Å². The third-order valence-corrected chi connectivity index (χ3v) is 7.75. The summed E-state index contributed by atoms with van der Waals surface area (Å²) in [5, 5.41) is 2.37. The number of benzene rings is 2. The molecule has 32 heavy (non-hydrogen) atoms. The van der Waals surface area contributed by atoms with E-state index in [0.717, 1.165) is 24.3 Å². The zero-order valence-corrected chi connectivity index (χ0v) is 19.8. The molecule has 0 saturated carbocycles. The van der Waals surface area contributed by atoms with Gasteiger partial charge in [-0.15, -0.1) is 0 Å². The summed E-state index contributed by atoms with van der Waals surface area (Å²) in [7, 11) is -2.72. The largest absolute Gasteiger partial charge is 0.496 e. The Morgan fingerprint density at radius 3 is 2.62 bits per heavy atom. The van der Waals surface area contributed by atoms with Crippen molar-refractivity contribution >= 4 is 44.2 Å². The summed E-state index contributed by atoms with van der Waals surface area (Å²) in [5.74, 6) is -1.84. The normalized spacial score (nSPS) is 19.1. The summed E-state index contributed by atoms with van der Waals surface area (Å²) in [6.07, 6.45) is -1.79. The maximum absolute atomic E-state index is 13.5. The smallest absolute Gasteiger partial charge is 0.266 e. The third kappa shape index (κ3) is 5.71. The minimum absolute atomic E-state index is 0.0721. The highest BCUT2D eigenvalue weighted by molar-refractivity contribution is 14.1. The Balaban J connectivity index is 1.89. The van der Waals surface area contributed by atoms with Gasteiger partial charge in [0.25, 0.3) is 12.3 Å². The van der Waals surface area contributed by atoms with Crippen LogP contribution < -0.4 is 14.8 Å². The molecule has 1 fully saturated rings. The Kier molecular flexibility index (Phi) is 7.68. The minimum atomic E-state index is -4.02. The van der Waals surface area contributed by atoms with E-state index in [-0.39, 0.29) is 28.5 Å². The highest BCUT2D eigenvalue weighted by atomic mass is 127. The molecule has 1 saturated heterocycles. The van der Waals surface area contributed by atoms with Gasteiger partial charge in [0.05, 0.1) is 29.7 Å². The van der Waals surface area contributed by atoms with E-state index in [2.05, 4.69) is 10.0 Å². The van der Waals surface area contributed by atoms with Crippen molar-refractivity contribution in [1.82, 2.24) is 4.72 Å². The quantitative estimate of drug-likeness (QED) is 0.289. The van der Waals surface area contributed by atoms with E-state index in [9.17, 15) is 26.4 Å². The van der Waals surface area contributed by atoms with Crippen LogP contribution in [0, 0.1) is 5.82 Å². The van der Waals surface area contributed by atoms with Gasteiger partial charge in [0.2, 0.25) is 10.0 Å². The van der Waals surface area contributed by atoms with Gasteiger partial charge in [-0.3, -0.25) is 4.79 Å². The lowest BCUT2D eigenvalue weighted by Crippen LogP contribution is -2.48. The number of carbonyl (C=O) groups excluding carboxylic acids is 1. The summed E-state index contributed by atoms with van der Waals surface area (Å²) in [5.41, 5.74) is -1.08. The average Bonchev–Trinajstić information content (AvgIpc) is 2.74. The fourth-order valence-electron chi connectivity index (χ4n) is 3.16. The van der Waals surface area contributed by atoms with Crippen molar-refractivity contribution in [3.63, 3.8) is 0 Å². The summed E-state index contributed by atoms with van der Waals surface area (Å²) < 4.78 is 77.5. The molecule has 3 rings (SSSR count). The Morgan fingerprint density at radius 1 is 1.25 bits per heavy atom. The number of ether oxygens (including phenoxy) is 2. The van der Waals surface area contributed by atoms with Crippen LogP contribution in [0.1, 0.15) is 35.2 Å². The Morgan fingerprint density at radius 2 is 2.00 bits per heavy atom. The molecular weight excluding hydrogens is 564 g/mol. The SMILES string of the molecule is COc1ccc(S(=O)(=O)N[C@]2(I)CCCOC2)cc1C(=O)Nc1ccc(F)c(C(F)F)c1. The molecular formula is C20H20F3IN2O5S. The van der Waals surface area contributed by atoms with E-state index < -0.39 is 37.3 Å². The maximum Gasteiger partial charge on any atom is 0.266 e. The van der Waals surface area contributed by atoms with Crippen molar-refractivity contribution < 1.29 is 35.9 Å². The molecule has 1 aliphatic rings. The molecule has 2 N–H and O–H groups in total. The molecule has 174 valence electrons. The van der Waals surface area contributed by atoms with Crippen LogP contribution in [0.5, 0.6) is 5.75 Å². The Labute approximate surface area is 196 Å². The first kappa shape index (κ1) is 24.7. The van der Waals surface area contributed by atoms with Gasteiger partial charge in [-0.2, -0.15) is 4.72 Å². The van der Waals surface area contributed by atoms with Crippen LogP contribution >= 0.6 is 22.6 Å². The number of rotatable bonds is 7. The monoisotopic (exact) mass is 584 g/mol. The lowest BCUT2D eigenvalue weighted by Gasteiger charge is -2.32. The maximum atomic E-state index is 13.5. The summed E-state index contributed by atoms with van der Waals surface area (Å²) >= 11 is 1.99. The predicted octanol–water partition coefficient (Wildman–Crippen LogP) is 4.24. The van der Waals surface area contributed by atoms with Crippen molar-refractivity contribution in [3.8, 4) is 5.75 Å². The van der Waals surface area contributed by atoms with Gasteiger partial charge in [-0.1, -0.05) is 22.6 Å². The molecule has 1 atom stereocenters. The molecule has 0 unspecified atom stereocenters. The first-order valence-corrected chi connectivity index (χ1v) is 12.0. The second kappa shape index (κ2) is 9.93. The van der Waals surface area contributed by atoms with Crippen molar-refractivity contribution in [2.45, 2.75) is 27.7 Å². The zero-order valence-electron chi connectivity index (χ0n) is 16.8. The molecule has 1 aliphatic heterocycles. The molecule has 2 aromatic rings. The van der Waals surface area contributed by atoms with Gasteiger partial charge in [0.1, 0.15) is 15.1 Å². The van der Waals surface area contributed by atoms with E-state index in [1.54, 1.807) is 0 Å². The summed E-state index contributed by atoms with van der Waals surface area (Å²) in [6, 6.07) is 6.47. The number of hydrogen-bond acceptors (Lipinski definition) is 5. The Bertz CT molecular complexity index is 1110. The Hall–Kier alpha value is -1.90. The zero-order chi connectivity index (χ0) is 23.5. The number of anilines is 1. The third-order valence-electron chi connectivity index (χ3n) is 4.72. The van der Waals surface area contributed by atoms with Crippen LogP contribution in [0.4, 0.5) is 18.9 Å². The van der Waals surface area contributed by atoms with Gasteiger partial charge in [0, 0.05) is 12.3 Å². The molecule has 0 radical (unpaired) electrons. The number of nitrogens with one attached hydrogen (secondary N) is 2. The number of halogens is 4. The van der Waals surface area contributed by atoms with Crippen molar-refractivity contribution in [2.24, 2.45) is 0 Å². The van der Waals surface area contributed by atoms with Crippen LogP contribution in [0.25, 0.3) is 0 Å². The number of methoxy groups -OCH3 is 1. The first-order chi connectivity index (χ1) is 15.0. The van der Waals surface area contributed by atoms with Gasteiger partial charge in [-0.25, -0.2) is 21.6 Å². The molecule has 12 heteroatoms. The van der Waals surface area contributed by atoms with Gasteiger partial charge < -0.3 is 14.8 Å². The molecule has 7 nitrogen and oxygen atoms in total. The second-order valence-electron chi connectivity index (χ2n) is 7.08. The van der Waals surface area contributed by atoms with Gasteiger partial charge >= 0.3 is 0 Å². The topological polar surface area (TPSA) is 93.7 Å². The van der Waals surface area contributed by atoms with E-state index >= 15 is 0 Å². The molecule has 2 aromatic carbocycles. The van der Waals surface area contributed by atoms with Crippen molar-refractivity contribution in [3.05, 3.63) is 53.3 Å². The van der Waals surface area contributed by atoms with Crippen LogP contribution in [-0.4, -0.2) is 38.2 Å². The number of carbonyl (C=O) groups is 1. The van der Waals surface area contributed by atoms with Crippen LogP contribution in [0.2, 0.25) is 0 Å². The molecule has 1 amide bonds. The predicted molar refractivity (Wildman–Crippen MR) is 119 cm³/mol. The molecule has 0 bridgehead atoms. The molecule has 0 aliphatic carbocycles. The molecule has 1 heterocycles. The average molecular weight is 584 g/mol. The van der Waals surface area contributed by atoms with Crippen LogP contribution in [0.3, 0.4) is 0 Å². The van der Waals surface area contributed by atoms with Crippen molar-refractivity contribution in [1.29, 1.82) is 0 Å². The fourth-order valence-corrected chi connectivity index (χ4v) is 5.91. The lowest BCUT2D eigenvalue weighted by atomic mass is 10.1. The van der Waals surface area contributed by atoms with Gasteiger partial charge in [-0.05, 0) is 49.2 Å². The van der Waals surface area contributed by atoms with E-state index in [1.807, 2.05) is 22.6 Å². The number of amides is 1. The first-order valence-electron chi connectivity index (χ1n) is 9.42. The number of hydrogen-bond donors (Lipinski definition) is 2. The van der Waals surface area contributed by atoms with Gasteiger partial charge in [0.15, 0.2) is 0 Å².